The Hall–Kier alpha value is -2.21. The minimum Gasteiger partial charge on any atom is -0.395 e. The van der Waals surface area contributed by atoms with Gasteiger partial charge >= 0.3 is 0 Å². The molecule has 0 fully saturated rings. The van der Waals surface area contributed by atoms with Crippen LogP contribution in [-0.4, -0.2) is 50.6 Å². The highest BCUT2D eigenvalue weighted by molar-refractivity contribution is 5.97. The van der Waals surface area contributed by atoms with Gasteiger partial charge in [-0.1, -0.05) is 11.3 Å². The van der Waals surface area contributed by atoms with E-state index in [-0.39, 0.29) is 19.1 Å². The highest BCUT2D eigenvalue weighted by Crippen LogP contribution is 2.15. The molecule has 0 spiro atoms. The van der Waals surface area contributed by atoms with E-state index in [9.17, 15) is 4.79 Å². The van der Waals surface area contributed by atoms with Crippen LogP contribution in [0.4, 0.5) is 0 Å². The maximum atomic E-state index is 12.4. The van der Waals surface area contributed by atoms with Gasteiger partial charge in [-0.25, -0.2) is 4.68 Å². The van der Waals surface area contributed by atoms with E-state index >= 15 is 0 Å². The molecule has 0 saturated heterocycles. The minimum absolute atomic E-state index is 0.0756. The van der Waals surface area contributed by atoms with E-state index in [1.54, 1.807) is 27.8 Å². The fourth-order valence-electron chi connectivity index (χ4n) is 2.07. The Morgan fingerprint density at radius 1 is 1.55 bits per heavy atom. The number of aliphatic hydroxyl groups excluding tert-OH is 1. The number of rotatable bonds is 6. The zero-order valence-electron chi connectivity index (χ0n) is 11.5. The molecular weight excluding hydrogens is 256 g/mol. The summed E-state index contributed by atoms with van der Waals surface area (Å²) in [4.78, 5) is 13.9. The lowest BCUT2D eigenvalue weighted by Gasteiger charge is -2.19. The summed E-state index contributed by atoms with van der Waals surface area (Å²) in [5, 5.41) is 17.1. The number of hydrogen-bond donors (Lipinski definition) is 1. The van der Waals surface area contributed by atoms with Crippen LogP contribution in [0.2, 0.25) is 0 Å². The van der Waals surface area contributed by atoms with Crippen LogP contribution >= 0.6 is 0 Å². The molecular formula is C14H18N4O2. The molecule has 0 atom stereocenters. The van der Waals surface area contributed by atoms with Crippen LogP contribution in [0.3, 0.4) is 0 Å². The molecule has 6 nitrogen and oxygen atoms in total. The fraction of sp³-hybridized carbons (Fsp3) is 0.357. The van der Waals surface area contributed by atoms with E-state index in [2.05, 4.69) is 16.9 Å². The van der Waals surface area contributed by atoms with Gasteiger partial charge in [0.15, 0.2) is 0 Å². The second-order valence-electron chi connectivity index (χ2n) is 4.37. The molecule has 1 aromatic heterocycles. The first-order valence-corrected chi connectivity index (χ1v) is 6.55. The lowest BCUT2D eigenvalue weighted by atomic mass is 10.1. The van der Waals surface area contributed by atoms with Crippen LogP contribution in [-0.2, 0) is 6.54 Å². The third-order valence-electron chi connectivity index (χ3n) is 3.07. The van der Waals surface area contributed by atoms with Crippen LogP contribution in [0, 0.1) is 0 Å². The normalized spacial score (nSPS) is 10.7. The Labute approximate surface area is 117 Å². The van der Waals surface area contributed by atoms with E-state index < -0.39 is 0 Å². The summed E-state index contributed by atoms with van der Waals surface area (Å²) in [6.07, 6.45) is 1.64. The molecule has 1 N–H and O–H groups in total. The highest BCUT2D eigenvalue weighted by atomic mass is 16.3. The van der Waals surface area contributed by atoms with Crippen molar-refractivity contribution >= 4 is 16.9 Å². The van der Waals surface area contributed by atoms with E-state index in [1.165, 1.54) is 0 Å². The molecule has 0 radical (unpaired) electrons. The van der Waals surface area contributed by atoms with Gasteiger partial charge in [0, 0.05) is 25.2 Å². The number of carbonyl (C=O) groups is 1. The van der Waals surface area contributed by atoms with Crippen LogP contribution < -0.4 is 0 Å². The predicted octanol–water partition coefficient (Wildman–Crippen LogP) is 1.07. The maximum Gasteiger partial charge on any atom is 0.254 e. The van der Waals surface area contributed by atoms with E-state index in [0.717, 1.165) is 12.1 Å². The average molecular weight is 274 g/mol. The number of hydrogen-bond acceptors (Lipinski definition) is 4. The molecule has 6 heteroatoms. The fourth-order valence-corrected chi connectivity index (χ4v) is 2.07. The second kappa shape index (κ2) is 6.29. The topological polar surface area (TPSA) is 71.2 Å². The summed E-state index contributed by atoms with van der Waals surface area (Å²) in [5.74, 6) is -0.146. The van der Waals surface area contributed by atoms with Crippen molar-refractivity contribution in [3.8, 4) is 0 Å². The summed E-state index contributed by atoms with van der Waals surface area (Å²) >= 11 is 0. The summed E-state index contributed by atoms with van der Waals surface area (Å²) in [5.41, 5.74) is 2.14. The average Bonchev–Trinajstić information content (AvgIpc) is 2.88. The Bertz CT molecular complexity index is 621. The quantitative estimate of drug-likeness (QED) is 0.800. The first kappa shape index (κ1) is 14.2. The van der Waals surface area contributed by atoms with Crippen LogP contribution in [0.15, 0.2) is 30.9 Å². The Balaban J connectivity index is 2.31. The summed E-state index contributed by atoms with van der Waals surface area (Å²) in [6.45, 7) is 6.95. The highest BCUT2D eigenvalue weighted by Gasteiger charge is 2.15. The SMILES string of the molecule is C=CCN(CCO)C(=O)c1ccc2c(c1)nnn2CC. The number of aryl methyl sites for hydroxylation is 1. The Morgan fingerprint density at radius 3 is 3.00 bits per heavy atom. The third kappa shape index (κ3) is 2.70. The van der Waals surface area contributed by atoms with Crippen molar-refractivity contribution < 1.29 is 9.90 Å². The number of amides is 1. The number of aromatic nitrogens is 3. The molecule has 0 saturated carbocycles. The van der Waals surface area contributed by atoms with E-state index in [0.29, 0.717) is 17.6 Å². The first-order chi connectivity index (χ1) is 9.71. The number of carbonyl (C=O) groups excluding carboxylic acids is 1. The third-order valence-corrected chi connectivity index (χ3v) is 3.07. The van der Waals surface area contributed by atoms with Crippen molar-refractivity contribution in [2.45, 2.75) is 13.5 Å². The zero-order valence-corrected chi connectivity index (χ0v) is 11.5. The summed E-state index contributed by atoms with van der Waals surface area (Å²) in [7, 11) is 0. The standard InChI is InChI=1S/C14H18N4O2/c1-3-7-17(8-9-19)14(20)11-5-6-13-12(10-11)15-16-18(13)4-2/h3,5-6,10,19H,1,4,7-9H2,2H3. The summed E-state index contributed by atoms with van der Waals surface area (Å²) in [6, 6.07) is 5.33. The molecule has 0 bridgehead atoms. The van der Waals surface area contributed by atoms with Gasteiger partial charge < -0.3 is 10.0 Å². The lowest BCUT2D eigenvalue weighted by Crippen LogP contribution is -2.33. The molecule has 2 aromatic rings. The molecule has 1 aromatic carbocycles. The zero-order chi connectivity index (χ0) is 14.5. The van der Waals surface area contributed by atoms with Gasteiger partial charge in [-0.05, 0) is 25.1 Å². The van der Waals surface area contributed by atoms with Gasteiger partial charge in [0.2, 0.25) is 0 Å². The number of nitrogens with zero attached hydrogens (tertiary/aromatic N) is 4. The number of aliphatic hydroxyl groups is 1. The van der Waals surface area contributed by atoms with Gasteiger partial charge in [-0.2, -0.15) is 0 Å². The molecule has 0 aliphatic carbocycles. The molecule has 20 heavy (non-hydrogen) atoms. The van der Waals surface area contributed by atoms with Crippen LogP contribution in [0.25, 0.3) is 11.0 Å². The largest absolute Gasteiger partial charge is 0.395 e. The van der Waals surface area contributed by atoms with E-state index in [4.69, 9.17) is 5.11 Å². The van der Waals surface area contributed by atoms with Crippen molar-refractivity contribution in [2.24, 2.45) is 0 Å². The number of fused-ring (bicyclic) bond motifs is 1. The Morgan fingerprint density at radius 2 is 2.35 bits per heavy atom. The molecule has 0 unspecified atom stereocenters. The lowest BCUT2D eigenvalue weighted by molar-refractivity contribution is 0.0743. The monoisotopic (exact) mass is 274 g/mol. The van der Waals surface area contributed by atoms with Crippen molar-refractivity contribution in [2.75, 3.05) is 19.7 Å². The molecule has 0 aliphatic rings. The molecule has 1 heterocycles. The summed E-state index contributed by atoms with van der Waals surface area (Å²) < 4.78 is 1.78. The smallest absolute Gasteiger partial charge is 0.254 e. The minimum atomic E-state index is -0.146. The van der Waals surface area contributed by atoms with E-state index in [1.807, 2.05) is 13.0 Å². The van der Waals surface area contributed by atoms with Crippen molar-refractivity contribution in [1.29, 1.82) is 0 Å². The van der Waals surface area contributed by atoms with Gasteiger partial charge in [0.05, 0.1) is 12.1 Å². The molecule has 2 rings (SSSR count). The van der Waals surface area contributed by atoms with Crippen molar-refractivity contribution in [3.63, 3.8) is 0 Å². The van der Waals surface area contributed by atoms with Gasteiger partial charge in [0.1, 0.15) is 5.52 Å². The molecule has 1 amide bonds. The van der Waals surface area contributed by atoms with Crippen LogP contribution in [0.5, 0.6) is 0 Å². The van der Waals surface area contributed by atoms with Gasteiger partial charge in [0.25, 0.3) is 5.91 Å². The maximum absolute atomic E-state index is 12.4. The van der Waals surface area contributed by atoms with Crippen molar-refractivity contribution in [1.82, 2.24) is 19.9 Å². The Kier molecular flexibility index (Phi) is 4.47. The molecule has 0 aliphatic heterocycles. The van der Waals surface area contributed by atoms with Gasteiger partial charge in [-0.15, -0.1) is 11.7 Å². The predicted molar refractivity (Wildman–Crippen MR) is 76.4 cm³/mol. The van der Waals surface area contributed by atoms with Gasteiger partial charge in [-0.3, -0.25) is 4.79 Å². The second-order valence-corrected chi connectivity index (χ2v) is 4.37. The number of benzene rings is 1. The molecule has 106 valence electrons. The van der Waals surface area contributed by atoms with Crippen LogP contribution in [0.1, 0.15) is 17.3 Å². The first-order valence-electron chi connectivity index (χ1n) is 6.55. The van der Waals surface area contributed by atoms with Crippen molar-refractivity contribution in [3.05, 3.63) is 36.4 Å².